The number of piperazine rings is 1. The summed E-state index contributed by atoms with van der Waals surface area (Å²) in [6.07, 6.45) is 3.20. The lowest BCUT2D eigenvalue weighted by Crippen LogP contribution is -2.58. The van der Waals surface area contributed by atoms with E-state index in [1.165, 1.54) is 4.90 Å². The van der Waals surface area contributed by atoms with E-state index in [0.29, 0.717) is 32.1 Å². The second-order valence-corrected chi connectivity index (χ2v) is 6.65. The van der Waals surface area contributed by atoms with Gasteiger partial charge in [-0.15, -0.1) is 0 Å². The van der Waals surface area contributed by atoms with E-state index < -0.39 is 12.0 Å². The molecule has 1 saturated heterocycles. The van der Waals surface area contributed by atoms with Crippen LogP contribution in [0.15, 0.2) is 36.9 Å². The molecular weight excluding hydrogens is 374 g/mol. The molecule has 0 aliphatic carbocycles. The molecule has 2 amide bonds. The molecular formula is C21H29N3O5. The van der Waals surface area contributed by atoms with Crippen LogP contribution in [0, 0.1) is 0 Å². The van der Waals surface area contributed by atoms with Crippen LogP contribution in [0.1, 0.15) is 26.2 Å². The molecule has 8 nitrogen and oxygen atoms in total. The molecule has 0 saturated carbocycles. The maximum absolute atomic E-state index is 12.7. The highest BCUT2D eigenvalue weighted by atomic mass is 16.5. The zero-order valence-electron chi connectivity index (χ0n) is 16.8. The highest BCUT2D eigenvalue weighted by Gasteiger charge is 2.34. The van der Waals surface area contributed by atoms with Gasteiger partial charge >= 0.3 is 5.97 Å². The highest BCUT2D eigenvalue weighted by Crippen LogP contribution is 2.16. The third-order valence-corrected chi connectivity index (χ3v) is 4.44. The third kappa shape index (κ3) is 7.14. The number of esters is 1. The van der Waals surface area contributed by atoms with Gasteiger partial charge in [0.25, 0.3) is 0 Å². The number of carbonyl (C=O) groups excluding carboxylic acids is 3. The van der Waals surface area contributed by atoms with E-state index in [2.05, 4.69) is 17.2 Å². The summed E-state index contributed by atoms with van der Waals surface area (Å²) in [5.74, 6) is -0.351. The SMILES string of the molecule is C=CCOc1ccc(NCC(=O)N2CCNC(=O)C2CC(=O)OCCCC)cc1. The average molecular weight is 403 g/mol. The van der Waals surface area contributed by atoms with Gasteiger partial charge in [-0.3, -0.25) is 14.4 Å². The third-order valence-electron chi connectivity index (χ3n) is 4.44. The Morgan fingerprint density at radius 2 is 2.10 bits per heavy atom. The fourth-order valence-corrected chi connectivity index (χ4v) is 2.87. The molecule has 8 heteroatoms. The van der Waals surface area contributed by atoms with Crippen molar-refractivity contribution in [2.45, 2.75) is 32.2 Å². The van der Waals surface area contributed by atoms with Crippen molar-refractivity contribution in [3.63, 3.8) is 0 Å². The lowest BCUT2D eigenvalue weighted by atomic mass is 10.1. The topological polar surface area (TPSA) is 97.0 Å². The number of hydrogen-bond donors (Lipinski definition) is 2. The number of benzene rings is 1. The van der Waals surface area contributed by atoms with E-state index in [1.54, 1.807) is 30.3 Å². The quantitative estimate of drug-likeness (QED) is 0.332. The number of anilines is 1. The first-order chi connectivity index (χ1) is 14.0. The van der Waals surface area contributed by atoms with Gasteiger partial charge < -0.3 is 25.0 Å². The molecule has 0 bridgehead atoms. The van der Waals surface area contributed by atoms with Gasteiger partial charge in [0.1, 0.15) is 18.4 Å². The Morgan fingerprint density at radius 3 is 2.79 bits per heavy atom. The number of nitrogens with zero attached hydrogens (tertiary/aromatic N) is 1. The molecule has 1 aliphatic rings. The van der Waals surface area contributed by atoms with Crippen molar-refractivity contribution < 1.29 is 23.9 Å². The smallest absolute Gasteiger partial charge is 0.308 e. The molecule has 29 heavy (non-hydrogen) atoms. The van der Waals surface area contributed by atoms with E-state index in [-0.39, 0.29) is 24.8 Å². The molecule has 1 heterocycles. The van der Waals surface area contributed by atoms with Gasteiger partial charge in [0.2, 0.25) is 11.8 Å². The minimum atomic E-state index is -0.846. The maximum Gasteiger partial charge on any atom is 0.308 e. The van der Waals surface area contributed by atoms with Gasteiger partial charge in [-0.25, -0.2) is 0 Å². The summed E-state index contributed by atoms with van der Waals surface area (Å²) < 4.78 is 10.6. The Kier molecular flexibility index (Phi) is 9.01. The fraction of sp³-hybridized carbons (Fsp3) is 0.476. The van der Waals surface area contributed by atoms with Gasteiger partial charge in [-0.1, -0.05) is 26.0 Å². The Morgan fingerprint density at radius 1 is 1.34 bits per heavy atom. The van der Waals surface area contributed by atoms with Crippen molar-refractivity contribution in [2.75, 3.05) is 38.2 Å². The Labute approximate surface area is 171 Å². The predicted octanol–water partition coefficient (Wildman–Crippen LogP) is 1.72. The number of ether oxygens (including phenoxy) is 2. The summed E-state index contributed by atoms with van der Waals surface area (Å²) in [6.45, 7) is 7.07. The largest absolute Gasteiger partial charge is 0.490 e. The minimum absolute atomic E-state index is 0.0154. The van der Waals surface area contributed by atoms with Gasteiger partial charge in [0.15, 0.2) is 0 Å². The number of carbonyl (C=O) groups is 3. The van der Waals surface area contributed by atoms with Gasteiger partial charge in [0.05, 0.1) is 19.6 Å². The number of amides is 2. The van der Waals surface area contributed by atoms with Crippen LogP contribution in [0.4, 0.5) is 5.69 Å². The van der Waals surface area contributed by atoms with Crippen LogP contribution in [-0.2, 0) is 19.1 Å². The summed E-state index contributed by atoms with van der Waals surface area (Å²) in [5.41, 5.74) is 0.751. The summed E-state index contributed by atoms with van der Waals surface area (Å²) in [6, 6.07) is 6.34. The Hall–Kier alpha value is -3.03. The number of hydrogen-bond acceptors (Lipinski definition) is 6. The van der Waals surface area contributed by atoms with E-state index in [0.717, 1.165) is 18.5 Å². The predicted molar refractivity (Wildman–Crippen MR) is 110 cm³/mol. The molecule has 1 fully saturated rings. The average Bonchev–Trinajstić information content (AvgIpc) is 2.73. The Bertz CT molecular complexity index is 705. The first-order valence-electron chi connectivity index (χ1n) is 9.85. The van der Waals surface area contributed by atoms with Crippen molar-refractivity contribution >= 4 is 23.5 Å². The monoisotopic (exact) mass is 403 g/mol. The van der Waals surface area contributed by atoms with Crippen molar-refractivity contribution in [3.05, 3.63) is 36.9 Å². The molecule has 0 radical (unpaired) electrons. The molecule has 0 spiro atoms. The second kappa shape index (κ2) is 11.7. The number of rotatable bonds is 11. The first kappa shape index (κ1) is 22.3. The summed E-state index contributed by atoms with van der Waals surface area (Å²) in [5, 5.41) is 5.75. The Balaban J connectivity index is 1.89. The fourth-order valence-electron chi connectivity index (χ4n) is 2.87. The van der Waals surface area contributed by atoms with Crippen LogP contribution in [-0.4, -0.2) is 61.6 Å². The number of unbranched alkanes of at least 4 members (excludes halogenated alkanes) is 1. The molecule has 0 aromatic heterocycles. The molecule has 1 unspecified atom stereocenters. The zero-order chi connectivity index (χ0) is 21.1. The molecule has 1 aliphatic heterocycles. The summed E-state index contributed by atoms with van der Waals surface area (Å²) in [7, 11) is 0. The summed E-state index contributed by atoms with van der Waals surface area (Å²) >= 11 is 0. The second-order valence-electron chi connectivity index (χ2n) is 6.65. The molecule has 1 atom stereocenters. The van der Waals surface area contributed by atoms with Crippen molar-refractivity contribution in [2.24, 2.45) is 0 Å². The first-order valence-corrected chi connectivity index (χ1v) is 9.85. The van der Waals surface area contributed by atoms with E-state index in [9.17, 15) is 14.4 Å². The molecule has 1 aromatic rings. The van der Waals surface area contributed by atoms with Crippen LogP contribution in [0.25, 0.3) is 0 Å². The lowest BCUT2D eigenvalue weighted by molar-refractivity contribution is -0.151. The highest BCUT2D eigenvalue weighted by molar-refractivity contribution is 5.93. The van der Waals surface area contributed by atoms with Gasteiger partial charge in [-0.2, -0.15) is 0 Å². The molecule has 2 rings (SSSR count). The normalized spacial score (nSPS) is 16.0. The van der Waals surface area contributed by atoms with E-state index in [1.807, 2.05) is 6.92 Å². The van der Waals surface area contributed by atoms with Gasteiger partial charge in [-0.05, 0) is 30.7 Å². The van der Waals surface area contributed by atoms with Crippen molar-refractivity contribution in [3.8, 4) is 5.75 Å². The van der Waals surface area contributed by atoms with Crippen molar-refractivity contribution in [1.82, 2.24) is 10.2 Å². The lowest BCUT2D eigenvalue weighted by Gasteiger charge is -2.34. The molecule has 1 aromatic carbocycles. The minimum Gasteiger partial charge on any atom is -0.490 e. The van der Waals surface area contributed by atoms with Crippen molar-refractivity contribution in [1.29, 1.82) is 0 Å². The zero-order valence-corrected chi connectivity index (χ0v) is 16.8. The summed E-state index contributed by atoms with van der Waals surface area (Å²) in [4.78, 5) is 38.3. The molecule has 2 N–H and O–H groups in total. The van der Waals surface area contributed by atoms with Crippen LogP contribution >= 0.6 is 0 Å². The van der Waals surface area contributed by atoms with Gasteiger partial charge in [0, 0.05) is 18.8 Å². The van der Waals surface area contributed by atoms with E-state index >= 15 is 0 Å². The van der Waals surface area contributed by atoms with Crippen LogP contribution in [0.5, 0.6) is 5.75 Å². The van der Waals surface area contributed by atoms with Crippen LogP contribution in [0.3, 0.4) is 0 Å². The number of nitrogens with one attached hydrogen (secondary N) is 2. The maximum atomic E-state index is 12.7. The van der Waals surface area contributed by atoms with Crippen LogP contribution < -0.4 is 15.4 Å². The standard InChI is InChI=1S/C21H29N3O5/c1-3-5-13-29-20(26)14-18-21(27)22-10-11-24(18)19(25)15-23-16-6-8-17(9-7-16)28-12-4-2/h4,6-9,18,23H,2-3,5,10-15H2,1H3,(H,22,27). The van der Waals surface area contributed by atoms with Crippen LogP contribution in [0.2, 0.25) is 0 Å². The molecule has 158 valence electrons. The van der Waals surface area contributed by atoms with E-state index in [4.69, 9.17) is 9.47 Å².